The molecule has 100 valence electrons. The van der Waals surface area contributed by atoms with Crippen molar-refractivity contribution < 1.29 is 27.4 Å². The van der Waals surface area contributed by atoms with E-state index in [0.29, 0.717) is 3.57 Å². The molecule has 0 spiro atoms. The summed E-state index contributed by atoms with van der Waals surface area (Å²) in [4.78, 5) is 14.8. The largest absolute Gasteiger partial charge is 0.574 e. The Bertz CT molecular complexity index is 467. The third kappa shape index (κ3) is 3.97. The number of esters is 1. The van der Waals surface area contributed by atoms with Gasteiger partial charge in [-0.3, -0.25) is 0 Å². The molecule has 0 N–H and O–H groups in total. The van der Waals surface area contributed by atoms with Crippen molar-refractivity contribution in [3.8, 4) is 5.88 Å². The highest BCUT2D eigenvalue weighted by atomic mass is 127. The summed E-state index contributed by atoms with van der Waals surface area (Å²) in [7, 11) is 1.11. The van der Waals surface area contributed by atoms with Gasteiger partial charge >= 0.3 is 12.3 Å². The topological polar surface area (TPSA) is 48.4 Å². The summed E-state index contributed by atoms with van der Waals surface area (Å²) in [6, 6.07) is 1.33. The minimum absolute atomic E-state index is 0.116. The van der Waals surface area contributed by atoms with Crippen LogP contribution in [-0.4, -0.2) is 24.4 Å². The van der Waals surface area contributed by atoms with Crippen molar-refractivity contribution in [2.45, 2.75) is 11.7 Å². The SMILES string of the molecule is COC(=O)c1cc(I)c(CBr)c(OC(F)(F)F)n1. The van der Waals surface area contributed by atoms with E-state index in [0.717, 1.165) is 7.11 Å². The van der Waals surface area contributed by atoms with Gasteiger partial charge in [0.15, 0.2) is 5.69 Å². The number of carbonyl (C=O) groups is 1. The molecule has 0 saturated heterocycles. The van der Waals surface area contributed by atoms with Crippen LogP contribution in [-0.2, 0) is 10.1 Å². The Balaban J connectivity index is 3.28. The molecule has 1 aromatic rings. The molecule has 4 nitrogen and oxygen atoms in total. The van der Waals surface area contributed by atoms with Crippen LogP contribution in [0, 0.1) is 3.57 Å². The Morgan fingerprint density at radius 1 is 1.56 bits per heavy atom. The lowest BCUT2D eigenvalue weighted by molar-refractivity contribution is -0.276. The summed E-state index contributed by atoms with van der Waals surface area (Å²) in [5.41, 5.74) is -0.0357. The van der Waals surface area contributed by atoms with Crippen molar-refractivity contribution in [2.75, 3.05) is 7.11 Å². The first kappa shape index (κ1) is 15.5. The van der Waals surface area contributed by atoms with Crippen molar-refractivity contribution in [3.05, 3.63) is 20.9 Å². The van der Waals surface area contributed by atoms with E-state index in [9.17, 15) is 18.0 Å². The minimum Gasteiger partial charge on any atom is -0.464 e. The van der Waals surface area contributed by atoms with Gasteiger partial charge in [0.05, 0.1) is 7.11 Å². The van der Waals surface area contributed by atoms with Crippen LogP contribution in [0.5, 0.6) is 5.88 Å². The van der Waals surface area contributed by atoms with Gasteiger partial charge in [-0.15, -0.1) is 13.2 Å². The molecule has 18 heavy (non-hydrogen) atoms. The second kappa shape index (κ2) is 6.04. The molecule has 1 aromatic heterocycles. The van der Waals surface area contributed by atoms with Crippen molar-refractivity contribution in [3.63, 3.8) is 0 Å². The van der Waals surface area contributed by atoms with E-state index in [2.05, 4.69) is 30.4 Å². The number of carbonyl (C=O) groups excluding carboxylic acids is 1. The third-order valence-electron chi connectivity index (χ3n) is 1.77. The lowest BCUT2D eigenvalue weighted by Gasteiger charge is -2.13. The fourth-order valence-corrected chi connectivity index (χ4v) is 2.83. The molecule has 1 rings (SSSR count). The van der Waals surface area contributed by atoms with Gasteiger partial charge in [-0.2, -0.15) is 0 Å². The maximum absolute atomic E-state index is 12.2. The van der Waals surface area contributed by atoms with Gasteiger partial charge in [0, 0.05) is 14.5 Å². The highest BCUT2D eigenvalue weighted by molar-refractivity contribution is 14.1. The summed E-state index contributed by atoms with van der Waals surface area (Å²) < 4.78 is 45.2. The quantitative estimate of drug-likeness (QED) is 0.412. The van der Waals surface area contributed by atoms with E-state index in [-0.39, 0.29) is 16.6 Å². The molecule has 0 atom stereocenters. The third-order valence-corrected chi connectivity index (χ3v) is 3.30. The van der Waals surface area contributed by atoms with E-state index >= 15 is 0 Å². The Labute approximate surface area is 122 Å². The molecule has 0 unspecified atom stereocenters. The van der Waals surface area contributed by atoms with Crippen molar-refractivity contribution >= 4 is 44.5 Å². The fourth-order valence-electron chi connectivity index (χ4n) is 1.04. The first-order valence-corrected chi connectivity index (χ1v) is 6.58. The Morgan fingerprint density at radius 3 is 2.61 bits per heavy atom. The highest BCUT2D eigenvalue weighted by Gasteiger charge is 2.33. The van der Waals surface area contributed by atoms with Gasteiger partial charge in [-0.25, -0.2) is 9.78 Å². The number of pyridine rings is 1. The lowest BCUT2D eigenvalue weighted by atomic mass is 10.2. The van der Waals surface area contributed by atoms with Crippen molar-refractivity contribution in [2.24, 2.45) is 0 Å². The molecule has 0 saturated carbocycles. The first-order valence-electron chi connectivity index (χ1n) is 4.38. The molecule has 1 heterocycles. The summed E-state index contributed by atoms with van der Waals surface area (Å²) in [5, 5.41) is 0.116. The summed E-state index contributed by atoms with van der Waals surface area (Å²) in [5.74, 6) is -1.49. The van der Waals surface area contributed by atoms with E-state index < -0.39 is 18.2 Å². The number of hydrogen-bond acceptors (Lipinski definition) is 4. The molecular formula is C9H6BrF3INO3. The zero-order valence-corrected chi connectivity index (χ0v) is 12.6. The predicted octanol–water partition coefficient (Wildman–Crippen LogP) is 3.27. The van der Waals surface area contributed by atoms with Crippen LogP contribution >= 0.6 is 38.5 Å². The predicted molar refractivity (Wildman–Crippen MR) is 67.6 cm³/mol. The molecule has 0 amide bonds. The van der Waals surface area contributed by atoms with E-state index in [1.165, 1.54) is 6.07 Å². The molecule has 0 aromatic carbocycles. The van der Waals surface area contributed by atoms with Gasteiger partial charge in [0.25, 0.3) is 0 Å². The minimum atomic E-state index is -4.87. The number of hydrogen-bond donors (Lipinski definition) is 0. The zero-order chi connectivity index (χ0) is 13.9. The van der Waals surface area contributed by atoms with Crippen LogP contribution in [0.2, 0.25) is 0 Å². The monoisotopic (exact) mass is 439 g/mol. The smallest absolute Gasteiger partial charge is 0.464 e. The van der Waals surface area contributed by atoms with E-state index in [4.69, 9.17) is 0 Å². The van der Waals surface area contributed by atoms with Crippen LogP contribution in [0.3, 0.4) is 0 Å². The molecule has 0 fully saturated rings. The molecule has 0 radical (unpaired) electrons. The standard InChI is InChI=1S/C9H6BrF3INO3/c1-17-8(16)6-2-5(14)4(3-10)7(15-6)18-9(11,12)13/h2H,3H2,1H3. The number of alkyl halides is 4. The average molecular weight is 440 g/mol. The molecule has 0 aliphatic rings. The van der Waals surface area contributed by atoms with E-state index in [1.807, 2.05) is 0 Å². The maximum Gasteiger partial charge on any atom is 0.574 e. The second-order valence-corrected chi connectivity index (χ2v) is 4.67. The molecule has 0 aliphatic heterocycles. The van der Waals surface area contributed by atoms with E-state index in [1.54, 1.807) is 22.6 Å². The summed E-state index contributed by atoms with van der Waals surface area (Å²) >= 11 is 4.82. The molecular weight excluding hydrogens is 434 g/mol. The molecule has 0 bridgehead atoms. The molecule has 9 heteroatoms. The number of nitrogens with zero attached hydrogens (tertiary/aromatic N) is 1. The average Bonchev–Trinajstić information content (AvgIpc) is 2.25. The van der Waals surface area contributed by atoms with Gasteiger partial charge in [-0.1, -0.05) is 15.9 Å². The summed E-state index contributed by atoms with van der Waals surface area (Å²) in [6.45, 7) is 0. The number of rotatable bonds is 3. The first-order chi connectivity index (χ1) is 8.28. The van der Waals surface area contributed by atoms with Gasteiger partial charge in [-0.05, 0) is 28.7 Å². The Morgan fingerprint density at radius 2 is 2.17 bits per heavy atom. The van der Waals surface area contributed by atoms with Gasteiger partial charge in [0.2, 0.25) is 5.88 Å². The summed E-state index contributed by atoms with van der Waals surface area (Å²) in [6.07, 6.45) is -4.87. The zero-order valence-electron chi connectivity index (χ0n) is 8.85. The van der Waals surface area contributed by atoms with Crippen LogP contribution in [0.15, 0.2) is 6.07 Å². The highest BCUT2D eigenvalue weighted by Crippen LogP contribution is 2.30. The van der Waals surface area contributed by atoms with Gasteiger partial charge in [0.1, 0.15) is 0 Å². The van der Waals surface area contributed by atoms with Crippen LogP contribution in [0.1, 0.15) is 16.1 Å². The maximum atomic E-state index is 12.2. The van der Waals surface area contributed by atoms with Gasteiger partial charge < -0.3 is 9.47 Å². The van der Waals surface area contributed by atoms with Crippen LogP contribution in [0.4, 0.5) is 13.2 Å². The normalized spacial score (nSPS) is 11.2. The number of ether oxygens (including phenoxy) is 2. The number of halogens is 5. The number of aromatic nitrogens is 1. The van der Waals surface area contributed by atoms with Crippen molar-refractivity contribution in [1.82, 2.24) is 4.98 Å². The molecule has 0 aliphatic carbocycles. The van der Waals surface area contributed by atoms with Crippen LogP contribution < -0.4 is 4.74 Å². The second-order valence-electron chi connectivity index (χ2n) is 2.95. The number of methoxy groups -OCH3 is 1. The lowest BCUT2D eigenvalue weighted by Crippen LogP contribution is -2.20. The van der Waals surface area contributed by atoms with Crippen LogP contribution in [0.25, 0.3) is 0 Å². The fraction of sp³-hybridized carbons (Fsp3) is 0.333. The van der Waals surface area contributed by atoms with Crippen molar-refractivity contribution in [1.29, 1.82) is 0 Å². The Kier molecular flexibility index (Phi) is 5.20. The Hall–Kier alpha value is -0.580.